The van der Waals surface area contributed by atoms with E-state index in [1.54, 1.807) is 24.3 Å². The van der Waals surface area contributed by atoms with E-state index in [2.05, 4.69) is 5.32 Å². The van der Waals surface area contributed by atoms with E-state index >= 15 is 0 Å². The molecule has 0 aromatic heterocycles. The molecule has 1 saturated heterocycles. The number of rotatable bonds is 3. The van der Waals surface area contributed by atoms with E-state index in [1.807, 2.05) is 13.1 Å². The van der Waals surface area contributed by atoms with E-state index in [0.717, 1.165) is 12.8 Å². The van der Waals surface area contributed by atoms with Crippen molar-refractivity contribution in [2.45, 2.75) is 41.2 Å². The van der Waals surface area contributed by atoms with Gasteiger partial charge in [-0.3, -0.25) is 0 Å². The molecule has 1 saturated carbocycles. The maximum absolute atomic E-state index is 12.9. The molecule has 1 aromatic carbocycles. The van der Waals surface area contributed by atoms with Crippen molar-refractivity contribution in [3.63, 3.8) is 0 Å². The van der Waals surface area contributed by atoms with E-state index in [4.69, 9.17) is 9.47 Å². The van der Waals surface area contributed by atoms with E-state index in [-0.39, 0.29) is 6.04 Å². The van der Waals surface area contributed by atoms with Gasteiger partial charge in [-0.15, -0.1) is 0 Å². The van der Waals surface area contributed by atoms with Crippen LogP contribution >= 0.6 is 0 Å². The molecule has 116 valence electrons. The number of sulfone groups is 1. The molecule has 1 heterocycles. The van der Waals surface area contributed by atoms with Crippen LogP contribution in [0.15, 0.2) is 35.2 Å². The van der Waals surface area contributed by atoms with Crippen LogP contribution in [0, 0.1) is 0 Å². The lowest BCUT2D eigenvalue weighted by molar-refractivity contribution is -0.178. The van der Waals surface area contributed by atoms with E-state index < -0.39 is 20.9 Å². The van der Waals surface area contributed by atoms with Gasteiger partial charge in [-0.05, 0) is 25.6 Å². The molecule has 1 N–H and O–H groups in total. The summed E-state index contributed by atoms with van der Waals surface area (Å²) < 4.78 is 37.3. The molecule has 1 aliphatic heterocycles. The Labute approximate surface area is 125 Å². The number of hydrogen-bond acceptors (Lipinski definition) is 5. The topological polar surface area (TPSA) is 64.6 Å². The standard InChI is InChI=1S/C15H21NO4S/c1-16-13-7-8-15(19-9-10-20-15)11-14(13)21(17,18)12-5-3-2-4-6-12/h2-6,13-14,16H,7-11H2,1H3. The van der Waals surface area contributed by atoms with Crippen molar-refractivity contribution in [1.82, 2.24) is 5.32 Å². The summed E-state index contributed by atoms with van der Waals surface area (Å²) in [5.41, 5.74) is 0. The minimum absolute atomic E-state index is 0.0753. The lowest BCUT2D eigenvalue weighted by atomic mass is 9.89. The van der Waals surface area contributed by atoms with Gasteiger partial charge in [0.2, 0.25) is 0 Å². The largest absolute Gasteiger partial charge is 0.347 e. The van der Waals surface area contributed by atoms with Crippen LogP contribution in [0.2, 0.25) is 0 Å². The smallest absolute Gasteiger partial charge is 0.182 e. The van der Waals surface area contributed by atoms with E-state index in [9.17, 15) is 8.42 Å². The van der Waals surface area contributed by atoms with Crippen molar-refractivity contribution in [1.29, 1.82) is 0 Å². The van der Waals surface area contributed by atoms with Gasteiger partial charge in [0.05, 0.1) is 23.4 Å². The highest BCUT2D eigenvalue weighted by molar-refractivity contribution is 7.92. The maximum Gasteiger partial charge on any atom is 0.182 e. The Morgan fingerprint density at radius 1 is 1.19 bits per heavy atom. The Hall–Kier alpha value is -0.950. The van der Waals surface area contributed by atoms with Crippen LogP contribution in [0.3, 0.4) is 0 Å². The Bertz CT molecular complexity index is 581. The van der Waals surface area contributed by atoms with Gasteiger partial charge >= 0.3 is 0 Å². The summed E-state index contributed by atoms with van der Waals surface area (Å²) in [6.07, 6.45) is 1.85. The van der Waals surface area contributed by atoms with Crippen molar-refractivity contribution in [2.75, 3.05) is 20.3 Å². The minimum Gasteiger partial charge on any atom is -0.347 e. The molecular formula is C15H21NO4S. The molecule has 2 atom stereocenters. The lowest BCUT2D eigenvalue weighted by Gasteiger charge is -2.40. The van der Waals surface area contributed by atoms with Crippen LogP contribution in [-0.4, -0.2) is 45.8 Å². The average Bonchev–Trinajstić information content (AvgIpc) is 2.96. The summed E-state index contributed by atoms with van der Waals surface area (Å²) >= 11 is 0. The zero-order chi connectivity index (χ0) is 14.9. The molecule has 0 radical (unpaired) electrons. The first-order valence-electron chi connectivity index (χ1n) is 7.32. The van der Waals surface area contributed by atoms with Crippen molar-refractivity contribution in [3.05, 3.63) is 30.3 Å². The number of benzene rings is 1. The minimum atomic E-state index is -3.41. The fraction of sp³-hybridized carbons (Fsp3) is 0.600. The summed E-state index contributed by atoms with van der Waals surface area (Å²) in [7, 11) is -1.60. The van der Waals surface area contributed by atoms with E-state index in [0.29, 0.717) is 24.5 Å². The quantitative estimate of drug-likeness (QED) is 0.913. The highest BCUT2D eigenvalue weighted by atomic mass is 32.2. The number of nitrogens with one attached hydrogen (secondary N) is 1. The van der Waals surface area contributed by atoms with Gasteiger partial charge in [0.25, 0.3) is 0 Å². The fourth-order valence-corrected chi connectivity index (χ4v) is 5.38. The molecule has 1 spiro atoms. The Balaban J connectivity index is 1.93. The SMILES string of the molecule is CNC1CCC2(CC1S(=O)(=O)c1ccccc1)OCCO2. The fourth-order valence-electron chi connectivity index (χ4n) is 3.31. The maximum atomic E-state index is 12.9. The first kappa shape index (κ1) is 15.0. The Morgan fingerprint density at radius 2 is 1.86 bits per heavy atom. The first-order valence-corrected chi connectivity index (χ1v) is 8.86. The van der Waals surface area contributed by atoms with Crippen LogP contribution in [0.4, 0.5) is 0 Å². The second kappa shape index (κ2) is 5.68. The zero-order valence-electron chi connectivity index (χ0n) is 12.1. The molecule has 3 rings (SSSR count). The van der Waals surface area contributed by atoms with E-state index in [1.165, 1.54) is 0 Å². The molecule has 0 amide bonds. The van der Waals surface area contributed by atoms with Gasteiger partial charge in [0, 0.05) is 18.9 Å². The monoisotopic (exact) mass is 311 g/mol. The summed E-state index contributed by atoms with van der Waals surface area (Å²) in [5, 5.41) is 2.62. The van der Waals surface area contributed by atoms with Gasteiger partial charge in [-0.1, -0.05) is 18.2 Å². The van der Waals surface area contributed by atoms with Crippen LogP contribution in [0.25, 0.3) is 0 Å². The third-order valence-electron chi connectivity index (χ3n) is 4.45. The van der Waals surface area contributed by atoms with Gasteiger partial charge in [-0.2, -0.15) is 0 Å². The van der Waals surface area contributed by atoms with Gasteiger partial charge in [-0.25, -0.2) is 8.42 Å². The molecule has 21 heavy (non-hydrogen) atoms. The number of ether oxygens (including phenoxy) is 2. The van der Waals surface area contributed by atoms with Crippen LogP contribution in [0.5, 0.6) is 0 Å². The second-order valence-electron chi connectivity index (χ2n) is 5.64. The summed E-state index contributed by atoms with van der Waals surface area (Å²) in [6, 6.07) is 8.55. The van der Waals surface area contributed by atoms with Crippen molar-refractivity contribution >= 4 is 9.84 Å². The highest BCUT2D eigenvalue weighted by Crippen LogP contribution is 2.39. The summed E-state index contributed by atoms with van der Waals surface area (Å²) in [4.78, 5) is 0.366. The number of hydrogen-bond donors (Lipinski definition) is 1. The molecule has 1 aromatic rings. The van der Waals surface area contributed by atoms with Gasteiger partial charge in [0.1, 0.15) is 0 Å². The molecule has 2 fully saturated rings. The Morgan fingerprint density at radius 3 is 2.48 bits per heavy atom. The summed E-state index contributed by atoms with van der Waals surface area (Å²) in [6.45, 7) is 1.09. The molecule has 6 heteroatoms. The molecule has 1 aliphatic carbocycles. The predicted molar refractivity (Wildman–Crippen MR) is 78.7 cm³/mol. The second-order valence-corrected chi connectivity index (χ2v) is 7.81. The Kier molecular flexibility index (Phi) is 4.05. The van der Waals surface area contributed by atoms with Crippen LogP contribution in [0.1, 0.15) is 19.3 Å². The zero-order valence-corrected chi connectivity index (χ0v) is 12.9. The van der Waals surface area contributed by atoms with Crippen LogP contribution < -0.4 is 5.32 Å². The normalized spacial score (nSPS) is 28.8. The lowest BCUT2D eigenvalue weighted by Crippen LogP contribution is -2.53. The molecular weight excluding hydrogens is 290 g/mol. The van der Waals surface area contributed by atoms with Gasteiger partial charge in [0.15, 0.2) is 15.6 Å². The predicted octanol–water partition coefficient (Wildman–Crippen LogP) is 1.34. The van der Waals surface area contributed by atoms with Crippen LogP contribution in [-0.2, 0) is 19.3 Å². The third kappa shape index (κ3) is 2.73. The molecule has 2 aliphatic rings. The molecule has 0 bridgehead atoms. The molecule has 2 unspecified atom stereocenters. The van der Waals surface area contributed by atoms with Crippen molar-refractivity contribution < 1.29 is 17.9 Å². The first-order chi connectivity index (χ1) is 10.1. The summed E-state index contributed by atoms with van der Waals surface area (Å²) in [5.74, 6) is -0.708. The van der Waals surface area contributed by atoms with Gasteiger partial charge < -0.3 is 14.8 Å². The molecule has 5 nitrogen and oxygen atoms in total. The average molecular weight is 311 g/mol. The van der Waals surface area contributed by atoms with Crippen molar-refractivity contribution in [2.24, 2.45) is 0 Å². The highest BCUT2D eigenvalue weighted by Gasteiger charge is 2.49. The third-order valence-corrected chi connectivity index (χ3v) is 6.67. The van der Waals surface area contributed by atoms with Crippen molar-refractivity contribution in [3.8, 4) is 0 Å².